The number of hydrogen-bond donors (Lipinski definition) is 1. The largest absolute Gasteiger partial charge is 0.497 e. The van der Waals surface area contributed by atoms with E-state index in [0.29, 0.717) is 16.8 Å². The van der Waals surface area contributed by atoms with Gasteiger partial charge in [-0.1, -0.05) is 12.1 Å². The van der Waals surface area contributed by atoms with E-state index in [1.807, 2.05) is 0 Å². The van der Waals surface area contributed by atoms with E-state index in [0.717, 1.165) is 5.56 Å². The molecule has 1 aromatic heterocycles. The summed E-state index contributed by atoms with van der Waals surface area (Å²) in [7, 11) is -0.622. The number of rotatable bonds is 5. The van der Waals surface area contributed by atoms with Gasteiger partial charge >= 0.3 is 5.76 Å². The monoisotopic (exact) mass is 348 g/mol. The minimum absolute atomic E-state index is 0.0694. The summed E-state index contributed by atoms with van der Waals surface area (Å²) in [5.41, 5.74) is 1.57. The molecular formula is C16H16N2O5S. The Labute approximate surface area is 138 Å². The molecule has 0 atom stereocenters. The smallest absolute Gasteiger partial charge is 0.419 e. The number of nitrogens with zero attached hydrogens (tertiary/aromatic N) is 1. The molecule has 0 saturated carbocycles. The summed E-state index contributed by atoms with van der Waals surface area (Å²) >= 11 is 0. The zero-order chi connectivity index (χ0) is 17.3. The van der Waals surface area contributed by atoms with Crippen LogP contribution in [0.3, 0.4) is 0 Å². The molecule has 0 saturated heterocycles. The van der Waals surface area contributed by atoms with Crippen LogP contribution in [0.1, 0.15) is 5.56 Å². The van der Waals surface area contributed by atoms with Gasteiger partial charge in [-0.3, -0.25) is 4.57 Å². The lowest BCUT2D eigenvalue weighted by Gasteiger charge is -2.08. The van der Waals surface area contributed by atoms with Crippen molar-refractivity contribution in [1.82, 2.24) is 9.29 Å². The van der Waals surface area contributed by atoms with Crippen LogP contribution >= 0.6 is 0 Å². The predicted molar refractivity (Wildman–Crippen MR) is 88.5 cm³/mol. The number of fused-ring (bicyclic) bond motifs is 1. The van der Waals surface area contributed by atoms with E-state index in [4.69, 9.17) is 9.15 Å². The summed E-state index contributed by atoms with van der Waals surface area (Å²) < 4.78 is 38.7. The highest BCUT2D eigenvalue weighted by molar-refractivity contribution is 7.89. The van der Waals surface area contributed by atoms with E-state index in [9.17, 15) is 13.2 Å². The van der Waals surface area contributed by atoms with Crippen LogP contribution in [-0.2, 0) is 23.6 Å². The summed E-state index contributed by atoms with van der Waals surface area (Å²) in [4.78, 5) is 11.6. The van der Waals surface area contributed by atoms with E-state index in [1.54, 1.807) is 31.4 Å². The summed E-state index contributed by atoms with van der Waals surface area (Å²) in [5.74, 6) is 0.165. The van der Waals surface area contributed by atoms with Crippen LogP contribution in [-0.4, -0.2) is 20.1 Å². The molecule has 1 heterocycles. The topological polar surface area (TPSA) is 90.5 Å². The molecule has 24 heavy (non-hydrogen) atoms. The number of methoxy groups -OCH3 is 1. The average Bonchev–Trinajstić information content (AvgIpc) is 2.87. The van der Waals surface area contributed by atoms with E-state index in [-0.39, 0.29) is 11.4 Å². The van der Waals surface area contributed by atoms with Gasteiger partial charge in [-0.2, -0.15) is 0 Å². The molecule has 0 fully saturated rings. The van der Waals surface area contributed by atoms with E-state index in [2.05, 4.69) is 4.72 Å². The van der Waals surface area contributed by atoms with Gasteiger partial charge < -0.3 is 9.15 Å². The van der Waals surface area contributed by atoms with Crippen molar-refractivity contribution in [2.75, 3.05) is 7.11 Å². The third-order valence-corrected chi connectivity index (χ3v) is 5.10. The molecule has 2 aromatic carbocycles. The van der Waals surface area contributed by atoms with Crippen molar-refractivity contribution in [3.05, 3.63) is 58.6 Å². The Hall–Kier alpha value is -2.58. The van der Waals surface area contributed by atoms with E-state index < -0.39 is 15.8 Å². The standard InChI is InChI=1S/C16H16N2O5S/c1-18-14-9-13(7-8-15(14)23-16(18)19)24(20,21)17-10-11-3-5-12(22-2)6-4-11/h3-9,17H,10H2,1-2H3. The fourth-order valence-electron chi connectivity index (χ4n) is 2.28. The van der Waals surface area contributed by atoms with Gasteiger partial charge in [-0.15, -0.1) is 0 Å². The first kappa shape index (κ1) is 16.3. The molecule has 7 nitrogen and oxygen atoms in total. The first-order chi connectivity index (χ1) is 11.4. The molecule has 1 N–H and O–H groups in total. The van der Waals surface area contributed by atoms with Crippen LogP contribution in [0.25, 0.3) is 11.1 Å². The van der Waals surface area contributed by atoms with Crippen molar-refractivity contribution in [3.8, 4) is 5.75 Å². The fraction of sp³-hybridized carbons (Fsp3) is 0.188. The first-order valence-corrected chi connectivity index (χ1v) is 8.61. The Morgan fingerprint density at radius 3 is 2.54 bits per heavy atom. The lowest BCUT2D eigenvalue weighted by molar-refractivity contribution is 0.414. The second-order valence-corrected chi connectivity index (χ2v) is 7.00. The van der Waals surface area contributed by atoms with E-state index in [1.165, 1.54) is 29.8 Å². The van der Waals surface area contributed by atoms with Gasteiger partial charge in [-0.25, -0.2) is 17.9 Å². The predicted octanol–water partition coefficient (Wildman–Crippen LogP) is 1.62. The maximum Gasteiger partial charge on any atom is 0.419 e. The zero-order valence-electron chi connectivity index (χ0n) is 13.1. The normalized spacial score (nSPS) is 11.8. The number of oxazole rings is 1. The molecule has 0 aliphatic carbocycles. The lowest BCUT2D eigenvalue weighted by atomic mass is 10.2. The molecule has 0 aliphatic rings. The van der Waals surface area contributed by atoms with Gasteiger partial charge in [0.05, 0.1) is 17.5 Å². The number of sulfonamides is 1. The van der Waals surface area contributed by atoms with Crippen LogP contribution in [0.15, 0.2) is 56.6 Å². The second kappa shape index (κ2) is 6.14. The quantitative estimate of drug-likeness (QED) is 0.757. The summed E-state index contributed by atoms with van der Waals surface area (Å²) in [5, 5.41) is 0. The number of ether oxygens (including phenoxy) is 1. The number of aryl methyl sites for hydroxylation is 1. The van der Waals surface area contributed by atoms with E-state index >= 15 is 0 Å². The SMILES string of the molecule is COc1ccc(CNS(=O)(=O)c2ccc3oc(=O)n(C)c3c2)cc1. The summed E-state index contributed by atoms with van der Waals surface area (Å²) in [6, 6.07) is 11.4. The van der Waals surface area contributed by atoms with Crippen molar-refractivity contribution in [2.45, 2.75) is 11.4 Å². The van der Waals surface area contributed by atoms with Gasteiger partial charge in [0.1, 0.15) is 5.75 Å². The van der Waals surface area contributed by atoms with Crippen LogP contribution in [0.4, 0.5) is 0 Å². The average molecular weight is 348 g/mol. The number of hydrogen-bond acceptors (Lipinski definition) is 5. The molecule has 126 valence electrons. The molecule has 0 spiro atoms. The Morgan fingerprint density at radius 1 is 1.17 bits per heavy atom. The molecule has 0 bridgehead atoms. The van der Waals surface area contributed by atoms with Gasteiger partial charge in [0.25, 0.3) is 0 Å². The maximum atomic E-state index is 12.4. The third-order valence-electron chi connectivity index (χ3n) is 3.70. The minimum Gasteiger partial charge on any atom is -0.497 e. The third kappa shape index (κ3) is 3.06. The summed E-state index contributed by atoms with van der Waals surface area (Å²) in [6.07, 6.45) is 0. The Morgan fingerprint density at radius 2 is 1.88 bits per heavy atom. The molecular weight excluding hydrogens is 332 g/mol. The maximum absolute atomic E-state index is 12.4. The van der Waals surface area contributed by atoms with Crippen LogP contribution in [0.2, 0.25) is 0 Å². The number of aromatic nitrogens is 1. The van der Waals surface area contributed by atoms with Crippen molar-refractivity contribution in [1.29, 1.82) is 0 Å². The van der Waals surface area contributed by atoms with Crippen molar-refractivity contribution in [3.63, 3.8) is 0 Å². The number of benzene rings is 2. The molecule has 0 unspecified atom stereocenters. The fourth-order valence-corrected chi connectivity index (χ4v) is 3.32. The zero-order valence-corrected chi connectivity index (χ0v) is 14.0. The van der Waals surface area contributed by atoms with Crippen molar-refractivity contribution >= 4 is 21.1 Å². The van der Waals surface area contributed by atoms with Crippen LogP contribution in [0, 0.1) is 0 Å². The molecule has 3 aromatic rings. The summed E-state index contributed by atoms with van der Waals surface area (Å²) in [6.45, 7) is 0.148. The Bertz CT molecular complexity index is 1030. The van der Waals surface area contributed by atoms with Gasteiger partial charge in [0.2, 0.25) is 10.0 Å². The molecule has 3 rings (SSSR count). The lowest BCUT2D eigenvalue weighted by Crippen LogP contribution is -2.23. The highest BCUT2D eigenvalue weighted by Gasteiger charge is 2.16. The Kier molecular flexibility index (Phi) is 4.16. The Balaban J connectivity index is 1.84. The first-order valence-electron chi connectivity index (χ1n) is 7.13. The second-order valence-electron chi connectivity index (χ2n) is 5.23. The molecule has 0 aliphatic heterocycles. The van der Waals surface area contributed by atoms with Crippen molar-refractivity contribution < 1.29 is 17.6 Å². The molecule has 0 radical (unpaired) electrons. The van der Waals surface area contributed by atoms with Gasteiger partial charge in [0.15, 0.2) is 5.58 Å². The highest BCUT2D eigenvalue weighted by Crippen LogP contribution is 2.18. The minimum atomic E-state index is -3.71. The highest BCUT2D eigenvalue weighted by atomic mass is 32.2. The van der Waals surface area contributed by atoms with Crippen LogP contribution < -0.4 is 15.2 Å². The molecule has 8 heteroatoms. The molecule has 0 amide bonds. The van der Waals surface area contributed by atoms with Crippen molar-refractivity contribution in [2.24, 2.45) is 7.05 Å². The van der Waals surface area contributed by atoms with Crippen LogP contribution in [0.5, 0.6) is 5.75 Å². The number of nitrogens with one attached hydrogen (secondary N) is 1. The van der Waals surface area contributed by atoms with Gasteiger partial charge in [-0.05, 0) is 35.9 Å². The van der Waals surface area contributed by atoms with Gasteiger partial charge in [0, 0.05) is 13.6 Å².